The largest absolute Gasteiger partial charge is 0.459 e. The van der Waals surface area contributed by atoms with Gasteiger partial charge in [-0.15, -0.1) is 0 Å². The normalized spacial score (nSPS) is 14.6. The quantitative estimate of drug-likeness (QED) is 0.111. The van der Waals surface area contributed by atoms with Gasteiger partial charge in [-0.1, -0.05) is 25.1 Å². The van der Waals surface area contributed by atoms with Crippen LogP contribution in [0, 0.1) is 5.92 Å². The molecule has 2 atom stereocenters. The minimum absolute atomic E-state index is 0.107. The van der Waals surface area contributed by atoms with Crippen molar-refractivity contribution in [3.05, 3.63) is 36.0 Å². The Hall–Kier alpha value is -4.05. The Labute approximate surface area is 288 Å². The summed E-state index contributed by atoms with van der Waals surface area (Å²) in [5.41, 5.74) is 2.96. The molecule has 1 aliphatic rings. The van der Waals surface area contributed by atoms with Gasteiger partial charge in [0.05, 0.1) is 38.4 Å². The highest BCUT2D eigenvalue weighted by Gasteiger charge is 2.47. The Balaban J connectivity index is 1.89. The lowest BCUT2D eigenvalue weighted by Crippen LogP contribution is -2.57. The fraction of sp³-hybridized carbons (Fsp3) is 0.618. The molecule has 1 aromatic heterocycles. The van der Waals surface area contributed by atoms with Crippen molar-refractivity contribution in [2.75, 3.05) is 67.1 Å². The number of rotatable bonds is 20. The number of aromatic nitrogens is 1. The maximum atomic E-state index is 14.3. The van der Waals surface area contributed by atoms with Crippen molar-refractivity contribution < 1.29 is 38.9 Å². The van der Waals surface area contributed by atoms with Crippen molar-refractivity contribution in [1.29, 1.82) is 0 Å². The predicted molar refractivity (Wildman–Crippen MR) is 182 cm³/mol. The van der Waals surface area contributed by atoms with Crippen LogP contribution >= 0.6 is 0 Å². The number of fused-ring (bicyclic) bond motifs is 1. The number of carbonyl (C=O) groups is 5. The minimum Gasteiger partial charge on any atom is -0.459 e. The van der Waals surface area contributed by atoms with E-state index in [1.165, 1.54) is 16.8 Å². The van der Waals surface area contributed by atoms with Gasteiger partial charge in [-0.2, -0.15) is 0 Å². The second-order valence-corrected chi connectivity index (χ2v) is 12.6. The molecule has 1 fully saturated rings. The van der Waals surface area contributed by atoms with E-state index in [0.29, 0.717) is 6.54 Å². The number of para-hydroxylation sites is 1. The van der Waals surface area contributed by atoms with Gasteiger partial charge >= 0.3 is 5.97 Å². The number of amides is 4. The molecule has 4 N–H and O–H groups in total. The van der Waals surface area contributed by atoms with Gasteiger partial charge in [-0.3, -0.25) is 24.6 Å². The summed E-state index contributed by atoms with van der Waals surface area (Å²) in [6, 6.07) is 9.58. The molecule has 15 heteroatoms. The molecular formula is C34H53N7O8. The number of ether oxygens (including phenoxy) is 1. The third-order valence-electron chi connectivity index (χ3n) is 9.12. The Kier molecular flexibility index (Phi) is 14.5. The van der Waals surface area contributed by atoms with E-state index in [-0.39, 0.29) is 56.9 Å². The first-order chi connectivity index (χ1) is 23.3. The zero-order valence-electron chi connectivity index (χ0n) is 29.6. The van der Waals surface area contributed by atoms with E-state index in [1.807, 2.05) is 53.9 Å². The molecule has 0 radical (unpaired) electrons. The van der Waals surface area contributed by atoms with E-state index < -0.39 is 49.1 Å². The molecule has 1 heterocycles. The van der Waals surface area contributed by atoms with E-state index in [2.05, 4.69) is 10.7 Å². The molecule has 1 saturated carbocycles. The topological polar surface area (TPSA) is 177 Å². The Morgan fingerprint density at radius 1 is 1.00 bits per heavy atom. The van der Waals surface area contributed by atoms with Crippen LogP contribution in [0.4, 0.5) is 0 Å². The first-order valence-corrected chi connectivity index (χ1v) is 16.8. The van der Waals surface area contributed by atoms with Crippen LogP contribution in [0.15, 0.2) is 30.3 Å². The summed E-state index contributed by atoms with van der Waals surface area (Å²) >= 11 is 0. The summed E-state index contributed by atoms with van der Waals surface area (Å²) in [6.07, 6.45) is 1.58. The van der Waals surface area contributed by atoms with Gasteiger partial charge in [-0.05, 0) is 57.2 Å². The van der Waals surface area contributed by atoms with Gasteiger partial charge < -0.3 is 39.5 Å². The van der Waals surface area contributed by atoms with Crippen molar-refractivity contribution in [3.8, 4) is 0 Å². The third-order valence-corrected chi connectivity index (χ3v) is 9.12. The number of nitrogens with one attached hydrogen (secondary N) is 2. The molecule has 49 heavy (non-hydrogen) atoms. The molecule has 0 spiro atoms. The van der Waals surface area contributed by atoms with Crippen molar-refractivity contribution in [3.63, 3.8) is 0 Å². The Morgan fingerprint density at radius 3 is 2.27 bits per heavy atom. The Morgan fingerprint density at radius 2 is 1.65 bits per heavy atom. The van der Waals surface area contributed by atoms with Crippen LogP contribution in [-0.4, -0.2) is 137 Å². The monoisotopic (exact) mass is 687 g/mol. The fourth-order valence-corrected chi connectivity index (χ4v) is 5.70. The SMILES string of the molecule is CCC(=O)NCC(=O)N(CCO)CC(=O)N(CCO)CCC(=O)N(C)C(C)(C(=O)O[C@@H](C)C1CC1)n1c(CN(C)NC)cc2ccccc21. The van der Waals surface area contributed by atoms with Crippen molar-refractivity contribution in [2.24, 2.45) is 5.92 Å². The average molecular weight is 688 g/mol. The number of benzene rings is 1. The lowest BCUT2D eigenvalue weighted by atomic mass is 10.1. The number of esters is 1. The van der Waals surface area contributed by atoms with Crippen molar-refractivity contribution in [2.45, 2.75) is 64.8 Å². The third kappa shape index (κ3) is 10.00. The van der Waals surface area contributed by atoms with E-state index >= 15 is 0 Å². The van der Waals surface area contributed by atoms with Crippen LogP contribution < -0.4 is 10.7 Å². The first-order valence-electron chi connectivity index (χ1n) is 16.8. The van der Waals surface area contributed by atoms with Crippen LogP contribution in [0.3, 0.4) is 0 Å². The number of aliphatic hydroxyl groups excluding tert-OH is 2. The number of hydrazine groups is 1. The highest BCUT2D eigenvalue weighted by Crippen LogP contribution is 2.37. The van der Waals surface area contributed by atoms with Gasteiger partial charge in [0.2, 0.25) is 29.3 Å². The lowest BCUT2D eigenvalue weighted by Gasteiger charge is -2.40. The summed E-state index contributed by atoms with van der Waals surface area (Å²) in [7, 11) is 5.19. The smallest absolute Gasteiger partial charge is 0.353 e. The van der Waals surface area contributed by atoms with Crippen LogP contribution in [0.1, 0.15) is 52.1 Å². The highest BCUT2D eigenvalue weighted by molar-refractivity contribution is 5.91. The molecule has 3 rings (SSSR count). The summed E-state index contributed by atoms with van der Waals surface area (Å²) in [5.74, 6) is -2.22. The number of nitrogens with zero attached hydrogens (tertiary/aromatic N) is 5. The van der Waals surface area contributed by atoms with Gasteiger partial charge in [0.1, 0.15) is 6.10 Å². The molecule has 15 nitrogen and oxygen atoms in total. The molecule has 0 saturated heterocycles. The predicted octanol–water partition coefficient (Wildman–Crippen LogP) is 0.238. The van der Waals surface area contributed by atoms with Crippen LogP contribution in [0.25, 0.3) is 10.9 Å². The van der Waals surface area contributed by atoms with Crippen LogP contribution in [0.2, 0.25) is 0 Å². The molecule has 1 unspecified atom stereocenters. The van der Waals surface area contributed by atoms with E-state index in [4.69, 9.17) is 4.74 Å². The van der Waals surface area contributed by atoms with Gasteiger partial charge in [0.25, 0.3) is 0 Å². The van der Waals surface area contributed by atoms with Gasteiger partial charge in [0.15, 0.2) is 0 Å². The summed E-state index contributed by atoms with van der Waals surface area (Å²) in [4.78, 5) is 69.7. The summed E-state index contributed by atoms with van der Waals surface area (Å²) in [6.45, 7) is 3.65. The van der Waals surface area contributed by atoms with Crippen LogP contribution in [-0.2, 0) is 40.9 Å². The fourth-order valence-electron chi connectivity index (χ4n) is 5.70. The number of carbonyl (C=O) groups excluding carboxylic acids is 5. The maximum Gasteiger partial charge on any atom is 0.353 e. The summed E-state index contributed by atoms with van der Waals surface area (Å²) in [5, 5.41) is 24.4. The average Bonchev–Trinajstić information content (AvgIpc) is 3.88. The number of aliphatic hydroxyl groups is 2. The molecule has 0 aliphatic heterocycles. The maximum absolute atomic E-state index is 14.3. The van der Waals surface area contributed by atoms with Crippen molar-refractivity contribution in [1.82, 2.24) is 35.0 Å². The first kappa shape index (κ1) is 39.4. The van der Waals surface area contributed by atoms with Gasteiger partial charge in [-0.25, -0.2) is 9.80 Å². The Bertz CT molecular complexity index is 1460. The molecular weight excluding hydrogens is 634 g/mol. The molecule has 1 aliphatic carbocycles. The van der Waals surface area contributed by atoms with Gasteiger partial charge in [0, 0.05) is 52.3 Å². The number of likely N-dealkylation sites (N-methyl/N-ethyl adjacent to an activating group) is 1. The zero-order chi connectivity index (χ0) is 36.3. The zero-order valence-corrected chi connectivity index (χ0v) is 29.6. The number of hydrogen-bond acceptors (Lipinski definition) is 10. The highest BCUT2D eigenvalue weighted by atomic mass is 16.5. The summed E-state index contributed by atoms with van der Waals surface area (Å²) < 4.78 is 7.87. The lowest BCUT2D eigenvalue weighted by molar-refractivity contribution is -0.174. The molecule has 2 aromatic rings. The minimum atomic E-state index is -1.62. The van der Waals surface area contributed by atoms with E-state index in [9.17, 15) is 34.2 Å². The van der Waals surface area contributed by atoms with E-state index in [0.717, 1.165) is 34.3 Å². The molecule has 272 valence electrons. The number of hydrogen-bond donors (Lipinski definition) is 4. The standard InChI is InChI=1S/C34H53N7O8/c1-7-29(44)36-21-31(46)40(17-19-43)23-32(47)39(16-18-42)15-14-30(45)38(6)34(3,33(48)49-24(2)25-12-13-25)41-27(22-37(5)35-4)20-26-10-8-9-11-28(26)41/h8-11,20,24-25,35,42-43H,7,12-19,21-23H2,1-6H3,(H,36,44)/t24-,34?/m0/s1. The second-order valence-electron chi connectivity index (χ2n) is 12.6. The molecule has 0 bridgehead atoms. The van der Waals surface area contributed by atoms with E-state index in [1.54, 1.807) is 20.9 Å². The van der Waals surface area contributed by atoms with Crippen molar-refractivity contribution >= 4 is 40.5 Å². The second kappa shape index (κ2) is 18.1. The van der Waals surface area contributed by atoms with Crippen LogP contribution in [0.5, 0.6) is 0 Å². The molecule has 1 aromatic carbocycles. The molecule has 4 amide bonds.